The number of benzene rings is 1. The van der Waals surface area contributed by atoms with E-state index in [1.54, 1.807) is 25.1 Å². The van der Waals surface area contributed by atoms with Gasteiger partial charge in [-0.15, -0.1) is 11.3 Å². The molecule has 9 heteroatoms. The van der Waals surface area contributed by atoms with Crippen LogP contribution >= 0.6 is 11.3 Å². The van der Waals surface area contributed by atoms with Gasteiger partial charge in [0, 0.05) is 6.04 Å². The van der Waals surface area contributed by atoms with Gasteiger partial charge in [0.2, 0.25) is 5.91 Å². The van der Waals surface area contributed by atoms with Gasteiger partial charge in [0.25, 0.3) is 5.56 Å². The third-order valence-corrected chi connectivity index (χ3v) is 5.71. The van der Waals surface area contributed by atoms with Crippen LogP contribution in [0.3, 0.4) is 0 Å². The first kappa shape index (κ1) is 22.6. The third-order valence-electron chi connectivity index (χ3n) is 4.65. The number of hydrogen-bond donors (Lipinski definition) is 1. The van der Waals surface area contributed by atoms with Crippen molar-refractivity contribution in [3.8, 4) is 11.5 Å². The van der Waals surface area contributed by atoms with Crippen molar-refractivity contribution in [2.24, 2.45) is 0 Å². The van der Waals surface area contributed by atoms with Gasteiger partial charge in [0.05, 0.1) is 17.2 Å². The fraction of sp³-hybridized carbons (Fsp3) is 0.409. The minimum absolute atomic E-state index is 0.0110. The Bertz CT molecular complexity index is 1130. The number of carbonyl (C=O) groups is 2. The molecule has 1 atom stereocenters. The van der Waals surface area contributed by atoms with Gasteiger partial charge in [-0.25, -0.2) is 4.79 Å². The number of amides is 1. The molecule has 1 aliphatic rings. The molecule has 0 aliphatic carbocycles. The molecular formula is C22H26N2O6S. The van der Waals surface area contributed by atoms with Crippen LogP contribution in [-0.2, 0) is 20.9 Å². The molecule has 31 heavy (non-hydrogen) atoms. The van der Waals surface area contributed by atoms with Crippen molar-refractivity contribution in [1.82, 2.24) is 9.88 Å². The summed E-state index contributed by atoms with van der Waals surface area (Å²) in [4.78, 5) is 37.4. The third kappa shape index (κ3) is 5.75. The molecule has 0 spiro atoms. The maximum atomic E-state index is 13.0. The molecule has 1 unspecified atom stereocenters. The van der Waals surface area contributed by atoms with Crippen molar-refractivity contribution in [3.05, 3.63) is 43.3 Å². The Morgan fingerprint density at radius 2 is 2.00 bits per heavy atom. The van der Waals surface area contributed by atoms with E-state index < -0.39 is 5.97 Å². The van der Waals surface area contributed by atoms with E-state index in [0.29, 0.717) is 33.9 Å². The smallest absolute Gasteiger partial charge is 0.333 e. The highest BCUT2D eigenvalue weighted by Gasteiger charge is 2.14. The first-order chi connectivity index (χ1) is 14.9. The van der Waals surface area contributed by atoms with Gasteiger partial charge in [-0.1, -0.05) is 13.0 Å². The Morgan fingerprint density at radius 1 is 1.26 bits per heavy atom. The summed E-state index contributed by atoms with van der Waals surface area (Å²) in [6.07, 6.45) is 3.72. The topological polar surface area (TPSA) is 95.9 Å². The van der Waals surface area contributed by atoms with Gasteiger partial charge in [0.15, 0.2) is 11.5 Å². The molecule has 0 saturated carbocycles. The number of rotatable bonds is 7. The number of hydrogen-bond acceptors (Lipinski definition) is 7. The van der Waals surface area contributed by atoms with E-state index in [1.165, 1.54) is 10.6 Å². The number of thiazole rings is 1. The standard InChI is InChI=1S/C22H26N2O6S/c1-4-14(3)23-19(25)13-24-20(12-21(26)28-5-2)31-18(22(24)27)11-15-6-7-16-17(10-15)30-9-8-29-16/h6-7,10-12,14H,4-5,8-9,13H2,1-3H3,(H,23,25). The lowest BCUT2D eigenvalue weighted by molar-refractivity contribution is -0.135. The number of aromatic nitrogens is 1. The zero-order valence-electron chi connectivity index (χ0n) is 17.8. The monoisotopic (exact) mass is 446 g/mol. The highest BCUT2D eigenvalue weighted by Crippen LogP contribution is 2.30. The number of nitrogens with zero attached hydrogens (tertiary/aromatic N) is 1. The van der Waals surface area contributed by atoms with Crippen LogP contribution in [0.4, 0.5) is 0 Å². The highest BCUT2D eigenvalue weighted by atomic mass is 32.1. The van der Waals surface area contributed by atoms with Gasteiger partial charge < -0.3 is 19.5 Å². The van der Waals surface area contributed by atoms with Crippen molar-refractivity contribution >= 4 is 35.4 Å². The van der Waals surface area contributed by atoms with E-state index in [-0.39, 0.29) is 30.7 Å². The normalized spacial score (nSPS) is 14.9. The molecule has 2 aromatic rings. The largest absolute Gasteiger partial charge is 0.486 e. The van der Waals surface area contributed by atoms with Gasteiger partial charge in [-0.05, 0) is 44.0 Å². The van der Waals surface area contributed by atoms with Crippen molar-refractivity contribution in [3.63, 3.8) is 0 Å². The highest BCUT2D eigenvalue weighted by molar-refractivity contribution is 7.07. The molecule has 1 aliphatic heterocycles. The van der Waals surface area contributed by atoms with E-state index in [0.717, 1.165) is 23.3 Å². The quantitative estimate of drug-likeness (QED) is 0.632. The SMILES string of the molecule is CCOC(=O)C=c1sc(=Cc2ccc3c(c2)OCCO3)c(=O)n1CC(=O)NC(C)CC. The Kier molecular flexibility index (Phi) is 7.51. The summed E-state index contributed by atoms with van der Waals surface area (Å²) in [5, 5.41) is 2.84. The molecule has 166 valence electrons. The van der Waals surface area contributed by atoms with E-state index in [4.69, 9.17) is 14.2 Å². The van der Waals surface area contributed by atoms with E-state index in [2.05, 4.69) is 5.32 Å². The Labute approximate surface area is 183 Å². The predicted molar refractivity (Wildman–Crippen MR) is 118 cm³/mol. The fourth-order valence-corrected chi connectivity index (χ4v) is 3.98. The first-order valence-electron chi connectivity index (χ1n) is 10.2. The maximum Gasteiger partial charge on any atom is 0.333 e. The molecule has 0 fully saturated rings. The molecule has 0 saturated heterocycles. The van der Waals surface area contributed by atoms with Crippen molar-refractivity contribution in [2.75, 3.05) is 19.8 Å². The Hall–Kier alpha value is -3.07. The van der Waals surface area contributed by atoms with Crippen LogP contribution in [0.2, 0.25) is 0 Å². The number of carbonyl (C=O) groups excluding carboxylic acids is 2. The molecule has 2 heterocycles. The van der Waals surface area contributed by atoms with Gasteiger partial charge >= 0.3 is 5.97 Å². The second-order valence-corrected chi connectivity index (χ2v) is 8.08. The van der Waals surface area contributed by atoms with Crippen LogP contribution in [0.1, 0.15) is 32.8 Å². The molecular weight excluding hydrogens is 420 g/mol. The van der Waals surface area contributed by atoms with Crippen LogP contribution in [-0.4, -0.2) is 42.3 Å². The molecule has 1 aromatic heterocycles. The summed E-state index contributed by atoms with van der Waals surface area (Å²) < 4.78 is 18.1. The summed E-state index contributed by atoms with van der Waals surface area (Å²) in [7, 11) is 0. The van der Waals surface area contributed by atoms with Gasteiger partial charge in [-0.2, -0.15) is 0 Å². The van der Waals surface area contributed by atoms with Crippen LogP contribution in [0, 0.1) is 0 Å². The lowest BCUT2D eigenvalue weighted by atomic mass is 10.2. The molecule has 1 N–H and O–H groups in total. The molecule has 1 amide bonds. The molecule has 0 radical (unpaired) electrons. The zero-order chi connectivity index (χ0) is 22.4. The van der Waals surface area contributed by atoms with E-state index in [9.17, 15) is 14.4 Å². The fourth-order valence-electron chi connectivity index (χ4n) is 2.94. The summed E-state index contributed by atoms with van der Waals surface area (Å²) >= 11 is 1.13. The molecule has 3 rings (SSSR count). The molecule has 1 aromatic carbocycles. The Balaban J connectivity index is 2.02. The first-order valence-corrected chi connectivity index (χ1v) is 11.0. The van der Waals surface area contributed by atoms with E-state index in [1.807, 2.05) is 19.9 Å². The van der Waals surface area contributed by atoms with Gasteiger partial charge in [-0.3, -0.25) is 14.2 Å². The second-order valence-electron chi connectivity index (χ2n) is 7.02. The average molecular weight is 447 g/mol. The minimum Gasteiger partial charge on any atom is -0.486 e. The van der Waals surface area contributed by atoms with Gasteiger partial charge in [0.1, 0.15) is 24.4 Å². The Morgan fingerprint density at radius 3 is 2.71 bits per heavy atom. The lowest BCUT2D eigenvalue weighted by Crippen LogP contribution is -2.41. The number of fused-ring (bicyclic) bond motifs is 1. The average Bonchev–Trinajstić information content (AvgIpc) is 3.02. The zero-order valence-corrected chi connectivity index (χ0v) is 18.6. The number of esters is 1. The van der Waals surface area contributed by atoms with Crippen molar-refractivity contribution in [2.45, 2.75) is 39.8 Å². The van der Waals surface area contributed by atoms with E-state index >= 15 is 0 Å². The van der Waals surface area contributed by atoms with Crippen molar-refractivity contribution in [1.29, 1.82) is 0 Å². The number of ether oxygens (including phenoxy) is 3. The van der Waals surface area contributed by atoms with Crippen molar-refractivity contribution < 1.29 is 23.8 Å². The van der Waals surface area contributed by atoms with Crippen LogP contribution < -0.4 is 29.5 Å². The maximum absolute atomic E-state index is 13.0. The van der Waals surface area contributed by atoms with Crippen LogP contribution in [0.15, 0.2) is 23.0 Å². The lowest BCUT2D eigenvalue weighted by Gasteiger charge is -2.18. The summed E-state index contributed by atoms with van der Waals surface area (Å²) in [5.41, 5.74) is 0.399. The summed E-state index contributed by atoms with van der Waals surface area (Å²) in [6.45, 7) is 6.55. The summed E-state index contributed by atoms with van der Waals surface area (Å²) in [5.74, 6) is 0.414. The second kappa shape index (κ2) is 10.3. The minimum atomic E-state index is -0.564. The van der Waals surface area contributed by atoms with Crippen LogP contribution in [0.25, 0.3) is 12.2 Å². The van der Waals surface area contributed by atoms with Crippen LogP contribution in [0.5, 0.6) is 11.5 Å². The molecule has 0 bridgehead atoms. The predicted octanol–water partition coefficient (Wildman–Crippen LogP) is 0.768. The summed E-state index contributed by atoms with van der Waals surface area (Å²) in [6, 6.07) is 5.39. The molecule has 8 nitrogen and oxygen atoms in total. The number of nitrogens with one attached hydrogen (secondary N) is 1.